The quantitative estimate of drug-likeness (QED) is 0.329. The second kappa shape index (κ2) is 10.7. The van der Waals surface area contributed by atoms with Crippen molar-refractivity contribution in [1.82, 2.24) is 4.98 Å². The molecule has 3 aromatic rings. The van der Waals surface area contributed by atoms with Crippen molar-refractivity contribution in [1.29, 1.82) is 0 Å². The fraction of sp³-hybridized carbons (Fsp3) is 0.406. The molecular weight excluding hydrogens is 529 g/mol. The number of carbonyl (C=O) groups is 2. The number of carboxylic acid groups (broad SMARTS) is 2. The van der Waals surface area contributed by atoms with Gasteiger partial charge in [0.05, 0.1) is 24.6 Å². The Bertz CT molecular complexity index is 1500. The predicted octanol–water partition coefficient (Wildman–Crippen LogP) is 5.94. The van der Waals surface area contributed by atoms with E-state index in [2.05, 4.69) is 13.8 Å². The molecule has 8 nitrogen and oxygen atoms in total. The number of nitrogens with zero attached hydrogens (tertiary/aromatic N) is 1. The van der Waals surface area contributed by atoms with Gasteiger partial charge in [-0.15, -0.1) is 0 Å². The number of rotatable bonds is 9. The number of aromatic nitrogens is 1. The molecule has 9 heteroatoms. The number of hydrogen-bond donors (Lipinski definition) is 2. The summed E-state index contributed by atoms with van der Waals surface area (Å²) in [7, 11) is 1.53. The number of alkyl halides is 1. The lowest BCUT2D eigenvalue weighted by Gasteiger charge is -2.25. The number of hydrogen-bond acceptors (Lipinski definition) is 6. The van der Waals surface area contributed by atoms with E-state index >= 15 is 0 Å². The number of benzene rings is 2. The molecule has 0 bridgehead atoms. The number of fused-ring (bicyclic) bond motifs is 2. The molecular formula is C32H34FNO7. The zero-order valence-electron chi connectivity index (χ0n) is 23.7. The number of methoxy groups -OCH3 is 1. The van der Waals surface area contributed by atoms with E-state index in [4.69, 9.17) is 19.2 Å². The van der Waals surface area contributed by atoms with Gasteiger partial charge in [0.2, 0.25) is 0 Å². The fourth-order valence-electron chi connectivity index (χ4n) is 6.04. The first-order chi connectivity index (χ1) is 19.4. The van der Waals surface area contributed by atoms with Crippen molar-refractivity contribution in [2.45, 2.75) is 58.4 Å². The highest BCUT2D eigenvalue weighted by Gasteiger charge is 2.49. The van der Waals surface area contributed by atoms with Gasteiger partial charge in [-0.3, -0.25) is 14.6 Å². The van der Waals surface area contributed by atoms with E-state index in [1.54, 1.807) is 37.3 Å². The van der Waals surface area contributed by atoms with Gasteiger partial charge in [-0.05, 0) is 71.3 Å². The van der Waals surface area contributed by atoms with E-state index < -0.39 is 41.7 Å². The molecule has 2 heterocycles. The molecule has 41 heavy (non-hydrogen) atoms. The van der Waals surface area contributed by atoms with Gasteiger partial charge in [0, 0.05) is 24.5 Å². The van der Waals surface area contributed by atoms with Crippen molar-refractivity contribution in [3.8, 4) is 17.2 Å². The van der Waals surface area contributed by atoms with Crippen molar-refractivity contribution in [3.63, 3.8) is 0 Å². The Labute approximate surface area is 238 Å². The topological polar surface area (TPSA) is 115 Å². The molecule has 1 aliphatic carbocycles. The predicted molar refractivity (Wildman–Crippen MR) is 148 cm³/mol. The lowest BCUT2D eigenvalue weighted by molar-refractivity contribution is -0.173. The van der Waals surface area contributed by atoms with Gasteiger partial charge in [-0.2, -0.15) is 4.39 Å². The van der Waals surface area contributed by atoms with Crippen LogP contribution >= 0.6 is 0 Å². The molecule has 2 aromatic carbocycles. The number of pyridine rings is 1. The van der Waals surface area contributed by atoms with Crippen LogP contribution in [0, 0.1) is 17.8 Å². The normalized spacial score (nSPS) is 23.3. The summed E-state index contributed by atoms with van der Waals surface area (Å²) in [5, 5.41) is 20.4. The number of carboxylic acids is 2. The van der Waals surface area contributed by atoms with Crippen LogP contribution in [-0.2, 0) is 22.4 Å². The van der Waals surface area contributed by atoms with E-state index in [0.29, 0.717) is 40.5 Å². The lowest BCUT2D eigenvalue weighted by Crippen LogP contribution is -2.27. The third kappa shape index (κ3) is 5.45. The summed E-state index contributed by atoms with van der Waals surface area (Å²) in [4.78, 5) is 30.0. The molecule has 0 saturated heterocycles. The molecule has 0 radical (unpaired) electrons. The van der Waals surface area contributed by atoms with Gasteiger partial charge >= 0.3 is 18.0 Å². The number of halogens is 1. The molecule has 1 aromatic heterocycles. The van der Waals surface area contributed by atoms with Gasteiger partial charge in [0.25, 0.3) is 0 Å². The second-order valence-corrected chi connectivity index (χ2v) is 11.4. The number of aliphatic carboxylic acids is 2. The maximum atomic E-state index is 14.5. The average Bonchev–Trinajstić information content (AvgIpc) is 3.40. The summed E-state index contributed by atoms with van der Waals surface area (Å²) < 4.78 is 30.4. The van der Waals surface area contributed by atoms with Crippen molar-refractivity contribution in [2.75, 3.05) is 7.11 Å². The van der Waals surface area contributed by atoms with Crippen LogP contribution in [0.2, 0.25) is 0 Å². The van der Waals surface area contributed by atoms with E-state index in [0.717, 1.165) is 18.2 Å². The van der Waals surface area contributed by atoms with Crippen molar-refractivity contribution < 1.29 is 38.4 Å². The molecule has 0 amide bonds. The minimum atomic E-state index is -2.31. The minimum absolute atomic E-state index is 0.190. The van der Waals surface area contributed by atoms with E-state index in [-0.39, 0.29) is 17.9 Å². The van der Waals surface area contributed by atoms with Crippen LogP contribution in [-0.4, -0.2) is 40.3 Å². The van der Waals surface area contributed by atoms with Crippen LogP contribution in [0.5, 0.6) is 17.2 Å². The highest BCUT2D eigenvalue weighted by Crippen LogP contribution is 2.54. The summed E-state index contributed by atoms with van der Waals surface area (Å²) in [6.45, 7) is 6.97. The Morgan fingerprint density at radius 3 is 2.34 bits per heavy atom. The first-order valence-corrected chi connectivity index (χ1v) is 13.7. The highest BCUT2D eigenvalue weighted by molar-refractivity contribution is 5.78. The first kappa shape index (κ1) is 28.4. The lowest BCUT2D eigenvalue weighted by atomic mass is 9.78. The Morgan fingerprint density at radius 1 is 0.976 bits per heavy atom. The van der Waals surface area contributed by atoms with Crippen LogP contribution in [0.1, 0.15) is 73.2 Å². The summed E-state index contributed by atoms with van der Waals surface area (Å²) in [6.07, 6.45) is 0.905. The maximum Gasteiger partial charge on any atom is 0.404 e. The first-order valence-electron chi connectivity index (χ1n) is 13.7. The SMILES string of the molecule is COc1ccc([C@@H]2c3nc(CC(C)C)ccc3[C@H](c3ccc4c(c3)OC(C)(F)O4)[C@H]2C(=O)O)c(CC(C)C(=O)O)c1. The molecule has 0 spiro atoms. The van der Waals surface area contributed by atoms with Crippen molar-refractivity contribution in [2.24, 2.45) is 17.8 Å². The van der Waals surface area contributed by atoms with E-state index in [9.17, 15) is 24.2 Å². The Kier molecular flexibility index (Phi) is 7.40. The molecule has 1 aliphatic heterocycles. The smallest absolute Gasteiger partial charge is 0.404 e. The van der Waals surface area contributed by atoms with Gasteiger partial charge in [-0.25, -0.2) is 0 Å². The van der Waals surface area contributed by atoms with E-state index in [1.807, 2.05) is 18.2 Å². The van der Waals surface area contributed by atoms with E-state index in [1.165, 1.54) is 7.11 Å². The largest absolute Gasteiger partial charge is 0.497 e. The standard InChI is InChI=1S/C32H34FNO7/c1-16(2)12-20-7-9-23-26(18-6-11-24-25(15-18)41-32(4,33)40-24)28(31(37)38)27(29(23)34-20)22-10-8-21(39-5)14-19(22)13-17(3)30(35)36/h6-11,14-17,26-28H,12-13H2,1-5H3,(H,35,36)(H,37,38)/t17?,26-,27-,28+,32?/m0/s1. The molecule has 5 rings (SSSR count). The third-order valence-electron chi connectivity index (χ3n) is 7.81. The second-order valence-electron chi connectivity index (χ2n) is 11.4. The van der Waals surface area contributed by atoms with Gasteiger partial charge in [-0.1, -0.05) is 39.0 Å². The van der Waals surface area contributed by atoms with Gasteiger partial charge < -0.3 is 24.4 Å². The Hall–Kier alpha value is -4.14. The van der Waals surface area contributed by atoms with Crippen molar-refractivity contribution >= 4 is 11.9 Å². The van der Waals surface area contributed by atoms with Crippen LogP contribution in [0.3, 0.4) is 0 Å². The molecule has 2 unspecified atom stereocenters. The molecule has 0 saturated carbocycles. The summed E-state index contributed by atoms with van der Waals surface area (Å²) >= 11 is 0. The molecule has 216 valence electrons. The zero-order valence-corrected chi connectivity index (χ0v) is 23.7. The zero-order chi connectivity index (χ0) is 29.6. The minimum Gasteiger partial charge on any atom is -0.497 e. The highest BCUT2D eigenvalue weighted by atomic mass is 19.2. The summed E-state index contributed by atoms with van der Waals surface area (Å²) in [5.41, 5.74) is 4.26. The summed E-state index contributed by atoms with van der Waals surface area (Å²) in [5.74, 6) is -3.62. The average molecular weight is 564 g/mol. The van der Waals surface area contributed by atoms with Crippen LogP contribution < -0.4 is 14.2 Å². The monoisotopic (exact) mass is 563 g/mol. The Morgan fingerprint density at radius 2 is 1.68 bits per heavy atom. The van der Waals surface area contributed by atoms with Crippen LogP contribution in [0.4, 0.5) is 4.39 Å². The molecule has 2 N–H and O–H groups in total. The van der Waals surface area contributed by atoms with Gasteiger partial charge in [0.15, 0.2) is 11.5 Å². The molecule has 0 fully saturated rings. The third-order valence-corrected chi connectivity index (χ3v) is 7.81. The van der Waals surface area contributed by atoms with Crippen LogP contribution in [0.15, 0.2) is 48.5 Å². The molecule has 5 atom stereocenters. The number of ether oxygens (including phenoxy) is 3. The Balaban J connectivity index is 1.70. The fourth-order valence-corrected chi connectivity index (χ4v) is 6.04. The summed E-state index contributed by atoms with van der Waals surface area (Å²) in [6, 6.07) is 11.9. The van der Waals surface area contributed by atoms with Gasteiger partial charge in [0.1, 0.15) is 5.75 Å². The van der Waals surface area contributed by atoms with Crippen molar-refractivity contribution in [3.05, 3.63) is 82.2 Å². The maximum absolute atomic E-state index is 14.5. The van der Waals surface area contributed by atoms with Crippen LogP contribution in [0.25, 0.3) is 0 Å². The molecule has 2 aliphatic rings.